The van der Waals surface area contributed by atoms with Crippen LogP contribution in [0.4, 0.5) is 0 Å². The Hall–Kier alpha value is -7.44. The van der Waals surface area contributed by atoms with Crippen molar-refractivity contribution >= 4 is 40.2 Å². The molecule has 3 amide bonds. The number of rotatable bonds is 16. The summed E-state index contributed by atoms with van der Waals surface area (Å²) >= 11 is 1.51. The van der Waals surface area contributed by atoms with Gasteiger partial charge in [0, 0.05) is 56.4 Å². The number of likely N-dealkylation sites (tertiary alicyclic amines) is 1. The van der Waals surface area contributed by atoms with E-state index in [9.17, 15) is 24.3 Å². The van der Waals surface area contributed by atoms with Gasteiger partial charge in [0.1, 0.15) is 60.4 Å². The molecule has 67 heavy (non-hydrogen) atoms. The number of carbonyl (C=O) groups excluding carboxylic acids is 3. The lowest BCUT2D eigenvalue weighted by Crippen LogP contribution is -2.55. The number of pyridine rings is 1. The number of nitrogens with one attached hydrogen (secondary N) is 1. The monoisotopic (exact) mass is 924 g/mol. The SMILES string of the molecule is Cc1ncsc1-c1ccc(CNC(=O)[C@@H]2C[C@@H](O)CN2C(=O)[C@H](C(C)C)N2Cc3ccccc3C2=O)c(OCCOc2ccc(COc3ccc4nc(-c5ccc(=O)n(C)n5)oc4c3)nc2)c1. The largest absolute Gasteiger partial charge is 0.490 e. The van der Waals surface area contributed by atoms with E-state index in [0.29, 0.717) is 63.3 Å². The third-order valence-electron chi connectivity index (χ3n) is 11.8. The van der Waals surface area contributed by atoms with Crippen LogP contribution < -0.4 is 25.1 Å². The summed E-state index contributed by atoms with van der Waals surface area (Å²) in [5.41, 5.74) is 7.71. The van der Waals surface area contributed by atoms with Crippen LogP contribution in [0.15, 0.2) is 106 Å². The molecule has 3 aromatic carbocycles. The van der Waals surface area contributed by atoms with Crippen LogP contribution in [0.2, 0.25) is 0 Å². The molecule has 0 bridgehead atoms. The lowest BCUT2D eigenvalue weighted by Gasteiger charge is -2.35. The second-order valence-corrected chi connectivity index (χ2v) is 17.6. The summed E-state index contributed by atoms with van der Waals surface area (Å²) in [4.78, 5) is 70.7. The highest BCUT2D eigenvalue weighted by molar-refractivity contribution is 7.13. The number of fused-ring (bicyclic) bond motifs is 2. The fraction of sp³-hybridized carbons (Fsp3) is 0.306. The Morgan fingerprint density at radius 1 is 0.955 bits per heavy atom. The number of aliphatic hydroxyl groups is 1. The number of thiazole rings is 1. The quantitative estimate of drug-likeness (QED) is 0.112. The zero-order chi connectivity index (χ0) is 46.8. The number of β-amino-alcohol motifs (C(OH)–C–C–N with tert-alkyl or cyclic N) is 1. The molecule has 7 aromatic rings. The summed E-state index contributed by atoms with van der Waals surface area (Å²) in [5.74, 6) is 0.685. The first-order valence-electron chi connectivity index (χ1n) is 21.9. The van der Waals surface area contributed by atoms with E-state index in [4.69, 9.17) is 18.6 Å². The Kier molecular flexibility index (Phi) is 12.8. The summed E-state index contributed by atoms with van der Waals surface area (Å²) in [6.45, 7) is 6.64. The third kappa shape index (κ3) is 9.62. The van der Waals surface area contributed by atoms with E-state index < -0.39 is 24.1 Å². The van der Waals surface area contributed by atoms with Crippen molar-refractivity contribution in [3.8, 4) is 39.3 Å². The summed E-state index contributed by atoms with van der Waals surface area (Å²) in [5, 5.41) is 18.0. The molecule has 18 heteroatoms. The number of ether oxygens (including phenoxy) is 3. The normalized spacial score (nSPS) is 16.1. The minimum atomic E-state index is -0.928. The highest BCUT2D eigenvalue weighted by Gasteiger charge is 2.46. The predicted octanol–water partition coefficient (Wildman–Crippen LogP) is 5.71. The van der Waals surface area contributed by atoms with E-state index >= 15 is 0 Å². The first-order chi connectivity index (χ1) is 32.4. The molecule has 2 N–H and O–H groups in total. The van der Waals surface area contributed by atoms with Gasteiger partial charge in [0.25, 0.3) is 11.5 Å². The number of aromatic nitrogens is 5. The summed E-state index contributed by atoms with van der Waals surface area (Å²) in [6.07, 6.45) is 0.790. The number of oxazole rings is 1. The zero-order valence-corrected chi connectivity index (χ0v) is 38.1. The highest BCUT2D eigenvalue weighted by Crippen LogP contribution is 2.34. The molecule has 0 saturated carbocycles. The summed E-state index contributed by atoms with van der Waals surface area (Å²) in [7, 11) is 1.56. The van der Waals surface area contributed by atoms with Crippen LogP contribution in [0.1, 0.15) is 53.1 Å². The molecule has 0 aliphatic carbocycles. The van der Waals surface area contributed by atoms with Gasteiger partial charge in [-0.25, -0.2) is 14.6 Å². The lowest BCUT2D eigenvalue weighted by atomic mass is 10.0. The Bertz CT molecular complexity index is 3020. The Balaban J connectivity index is 0.808. The number of amides is 3. The minimum absolute atomic E-state index is 0.0127. The van der Waals surface area contributed by atoms with E-state index in [1.54, 1.807) is 72.2 Å². The van der Waals surface area contributed by atoms with Gasteiger partial charge >= 0.3 is 0 Å². The Morgan fingerprint density at radius 2 is 1.78 bits per heavy atom. The fourth-order valence-corrected chi connectivity index (χ4v) is 9.18. The van der Waals surface area contributed by atoms with Crippen molar-refractivity contribution in [3.05, 3.63) is 135 Å². The van der Waals surface area contributed by atoms with Gasteiger partial charge in [0.15, 0.2) is 5.58 Å². The van der Waals surface area contributed by atoms with E-state index in [0.717, 1.165) is 21.7 Å². The third-order valence-corrected chi connectivity index (χ3v) is 12.8. The molecule has 0 spiro atoms. The van der Waals surface area contributed by atoms with Crippen molar-refractivity contribution in [3.63, 3.8) is 0 Å². The first-order valence-corrected chi connectivity index (χ1v) is 22.7. The maximum Gasteiger partial charge on any atom is 0.266 e. The standard InChI is InChI=1S/C49H48N8O9S/c1-28(2)44(57-24-32-7-5-6-8-37(32)48(57)61)49(62)56-25-34(58)20-40(56)46(60)51-22-31-10-9-30(45-29(3)52-27-67-45)19-41(31)64-18-17-63-36-12-11-33(50-23-36)26-65-35-13-14-38-42(21-35)66-47(53-38)39-15-16-43(59)55(4)54-39/h5-16,19,21,23,27-28,34,40,44,58H,17-18,20,22,24-26H2,1-4H3,(H,51,60)/t34-,40+,44+/m1/s1. The molecular weight excluding hydrogens is 877 g/mol. The van der Waals surface area contributed by atoms with Crippen LogP contribution in [-0.2, 0) is 36.3 Å². The van der Waals surface area contributed by atoms with Gasteiger partial charge in [0.05, 0.1) is 34.1 Å². The molecule has 1 saturated heterocycles. The van der Waals surface area contributed by atoms with Gasteiger partial charge in [-0.05, 0) is 66.4 Å². The predicted molar refractivity (Wildman–Crippen MR) is 247 cm³/mol. The minimum Gasteiger partial charge on any atom is -0.490 e. The summed E-state index contributed by atoms with van der Waals surface area (Å²) < 4.78 is 25.4. The van der Waals surface area contributed by atoms with E-state index in [2.05, 4.69) is 25.4 Å². The molecule has 9 rings (SSSR count). The summed E-state index contributed by atoms with van der Waals surface area (Å²) in [6, 6.07) is 23.2. The van der Waals surface area contributed by atoms with E-state index in [-0.39, 0.29) is 62.6 Å². The maximum absolute atomic E-state index is 14.3. The van der Waals surface area contributed by atoms with Crippen LogP contribution in [0, 0.1) is 12.8 Å². The van der Waals surface area contributed by atoms with Gasteiger partial charge in [-0.2, -0.15) is 5.10 Å². The maximum atomic E-state index is 14.3. The molecule has 6 heterocycles. The topological polar surface area (TPSA) is 204 Å². The van der Waals surface area contributed by atoms with Gasteiger partial charge in [-0.3, -0.25) is 24.2 Å². The molecule has 2 aliphatic rings. The smallest absolute Gasteiger partial charge is 0.266 e. The van der Waals surface area contributed by atoms with Crippen molar-refractivity contribution in [2.45, 2.75) is 65.1 Å². The molecule has 0 unspecified atom stereocenters. The van der Waals surface area contributed by atoms with Crippen molar-refractivity contribution in [2.75, 3.05) is 19.8 Å². The molecule has 1 fully saturated rings. The molecule has 344 valence electrons. The number of nitrogens with zero attached hydrogens (tertiary/aromatic N) is 7. The van der Waals surface area contributed by atoms with E-state index in [1.165, 1.54) is 27.0 Å². The van der Waals surface area contributed by atoms with Crippen molar-refractivity contribution in [2.24, 2.45) is 13.0 Å². The van der Waals surface area contributed by atoms with Crippen LogP contribution in [0.5, 0.6) is 17.2 Å². The van der Waals surface area contributed by atoms with Gasteiger partial charge in [-0.15, -0.1) is 11.3 Å². The fourth-order valence-electron chi connectivity index (χ4n) is 8.38. The molecule has 2 aliphatic heterocycles. The average molecular weight is 925 g/mol. The van der Waals surface area contributed by atoms with Crippen LogP contribution in [0.3, 0.4) is 0 Å². The van der Waals surface area contributed by atoms with Crippen LogP contribution in [-0.4, -0.2) is 95.3 Å². The highest BCUT2D eigenvalue weighted by atomic mass is 32.1. The van der Waals surface area contributed by atoms with E-state index in [1.807, 2.05) is 51.1 Å². The molecule has 17 nitrogen and oxygen atoms in total. The second-order valence-electron chi connectivity index (χ2n) is 16.8. The number of hydrogen-bond acceptors (Lipinski definition) is 14. The molecule has 3 atom stereocenters. The molecule has 4 aromatic heterocycles. The number of carbonyl (C=O) groups is 3. The number of hydrogen-bond donors (Lipinski definition) is 2. The second kappa shape index (κ2) is 19.2. The van der Waals surface area contributed by atoms with Crippen molar-refractivity contribution in [1.29, 1.82) is 0 Å². The molecule has 0 radical (unpaired) electrons. The lowest BCUT2D eigenvalue weighted by molar-refractivity contribution is -0.143. The first kappa shape index (κ1) is 44.7. The number of aliphatic hydroxyl groups excluding tert-OH is 1. The average Bonchev–Trinajstić information content (AvgIpc) is 4.13. The zero-order valence-electron chi connectivity index (χ0n) is 37.2. The van der Waals surface area contributed by atoms with Gasteiger partial charge in [0.2, 0.25) is 17.7 Å². The van der Waals surface area contributed by atoms with Crippen molar-refractivity contribution in [1.82, 2.24) is 39.8 Å². The Labute approximate surface area is 389 Å². The molecular formula is C49H48N8O9S. The number of benzene rings is 3. The van der Waals surface area contributed by atoms with Crippen LogP contribution >= 0.6 is 11.3 Å². The van der Waals surface area contributed by atoms with Crippen LogP contribution in [0.25, 0.3) is 33.1 Å². The van der Waals surface area contributed by atoms with Gasteiger partial charge < -0.3 is 38.9 Å². The van der Waals surface area contributed by atoms with Gasteiger partial charge in [-0.1, -0.05) is 44.2 Å². The number of aryl methyl sites for hydroxylation is 2. The van der Waals surface area contributed by atoms with Crippen molar-refractivity contribution < 1.29 is 38.1 Å². The Morgan fingerprint density at radius 3 is 2.54 bits per heavy atom.